The van der Waals surface area contributed by atoms with Crippen molar-refractivity contribution in [1.29, 1.82) is 0 Å². The average Bonchev–Trinajstić information content (AvgIpc) is 3.43. The van der Waals surface area contributed by atoms with E-state index >= 15 is 0 Å². The summed E-state index contributed by atoms with van der Waals surface area (Å²) in [5, 5.41) is 14.0. The van der Waals surface area contributed by atoms with Crippen LogP contribution in [0.5, 0.6) is 5.75 Å². The van der Waals surface area contributed by atoms with Crippen LogP contribution in [0, 0.1) is 6.92 Å². The number of carbonyl (C=O) groups excluding carboxylic acids is 1. The molecule has 0 aliphatic rings. The Balaban J connectivity index is 1.73. The van der Waals surface area contributed by atoms with Crippen LogP contribution in [0.15, 0.2) is 41.0 Å². The van der Waals surface area contributed by atoms with Gasteiger partial charge in [0.1, 0.15) is 18.0 Å². The molecule has 3 heterocycles. The van der Waals surface area contributed by atoms with Gasteiger partial charge in [0.15, 0.2) is 11.6 Å². The lowest BCUT2D eigenvalue weighted by Gasteiger charge is -2.14. The molecule has 0 bridgehead atoms. The topological polar surface area (TPSA) is 101 Å². The molecule has 0 atom stereocenters. The number of hydrogen-bond donors (Lipinski definition) is 0. The second-order valence-electron chi connectivity index (χ2n) is 7.56. The van der Waals surface area contributed by atoms with Crippen molar-refractivity contribution in [2.24, 2.45) is 0 Å². The summed E-state index contributed by atoms with van der Waals surface area (Å²) in [5.74, 6) is -2.14. The number of tetrazole rings is 1. The quantitative estimate of drug-likeness (QED) is 0.204. The highest BCUT2D eigenvalue weighted by molar-refractivity contribution is 9.10. The van der Waals surface area contributed by atoms with Gasteiger partial charge in [-0.3, -0.25) is 4.79 Å². The molecule has 16 heteroatoms. The Morgan fingerprint density at radius 1 is 1.22 bits per heavy atom. The molecule has 0 saturated carbocycles. The van der Waals surface area contributed by atoms with Crippen LogP contribution in [0.4, 0.5) is 22.0 Å². The van der Waals surface area contributed by atoms with Gasteiger partial charge in [-0.2, -0.15) is 31.8 Å². The fourth-order valence-corrected chi connectivity index (χ4v) is 4.14. The Hall–Kier alpha value is -3.46. The molecule has 194 valence electrons. The van der Waals surface area contributed by atoms with E-state index in [1.54, 1.807) is 19.1 Å². The van der Waals surface area contributed by atoms with E-state index in [2.05, 4.69) is 46.2 Å². The standard InChI is InChI=1S/C21H14BrClF5N7O2/c1-10-5-11(22)6-17(37-20(24)25)13(10)8-16(36)15-7-12(9-34-32-19(30-33-34)21(26,27)28)31-35(15)18-14(23)3-2-4-29-18/h2-7,20H,8-9H2,1H3. The maximum atomic E-state index is 13.4. The Morgan fingerprint density at radius 2 is 1.97 bits per heavy atom. The van der Waals surface area contributed by atoms with E-state index in [1.165, 1.54) is 24.4 Å². The van der Waals surface area contributed by atoms with E-state index in [0.29, 0.717) is 14.8 Å². The highest BCUT2D eigenvalue weighted by atomic mass is 79.9. The molecule has 0 aliphatic heterocycles. The van der Waals surface area contributed by atoms with Crippen molar-refractivity contribution >= 4 is 33.3 Å². The first-order valence-electron chi connectivity index (χ1n) is 10.2. The average molecular weight is 607 g/mol. The van der Waals surface area contributed by atoms with Crippen LogP contribution in [0.25, 0.3) is 5.82 Å². The number of benzene rings is 1. The van der Waals surface area contributed by atoms with Crippen LogP contribution in [-0.4, -0.2) is 47.4 Å². The van der Waals surface area contributed by atoms with Crippen molar-refractivity contribution in [2.45, 2.75) is 32.7 Å². The van der Waals surface area contributed by atoms with Crippen LogP contribution in [0.3, 0.4) is 0 Å². The van der Waals surface area contributed by atoms with Gasteiger partial charge in [-0.25, -0.2) is 9.67 Å². The predicted molar refractivity (Wildman–Crippen MR) is 122 cm³/mol. The summed E-state index contributed by atoms with van der Waals surface area (Å²) in [7, 11) is 0. The Labute approximate surface area is 218 Å². The molecular weight excluding hydrogens is 593 g/mol. The van der Waals surface area contributed by atoms with E-state index in [0.717, 1.165) is 4.68 Å². The maximum absolute atomic E-state index is 13.4. The molecule has 0 aliphatic carbocycles. The smallest absolute Gasteiger partial charge is 0.434 e. The molecule has 9 nitrogen and oxygen atoms in total. The number of ether oxygens (including phenoxy) is 1. The third-order valence-corrected chi connectivity index (χ3v) is 5.70. The molecule has 4 aromatic rings. The maximum Gasteiger partial charge on any atom is 0.455 e. The van der Waals surface area contributed by atoms with E-state index in [9.17, 15) is 26.7 Å². The fourth-order valence-electron chi connectivity index (χ4n) is 3.39. The summed E-state index contributed by atoms with van der Waals surface area (Å²) in [4.78, 5) is 18.2. The monoisotopic (exact) mass is 605 g/mol. The normalized spacial score (nSPS) is 11.8. The minimum absolute atomic E-state index is 0.0583. The molecule has 0 unspecified atom stereocenters. The summed E-state index contributed by atoms with van der Waals surface area (Å²) in [5.41, 5.74) is 0.750. The van der Waals surface area contributed by atoms with E-state index in [-0.39, 0.29) is 46.5 Å². The molecule has 0 radical (unpaired) electrons. The number of pyridine rings is 1. The number of hydrogen-bond acceptors (Lipinski definition) is 7. The molecule has 0 fully saturated rings. The minimum atomic E-state index is -4.79. The van der Waals surface area contributed by atoms with Crippen LogP contribution in [0.2, 0.25) is 5.02 Å². The number of halogens is 7. The summed E-state index contributed by atoms with van der Waals surface area (Å²) in [6.45, 7) is -1.86. The number of carbonyl (C=O) groups is 1. The highest BCUT2D eigenvalue weighted by Crippen LogP contribution is 2.31. The lowest BCUT2D eigenvalue weighted by Crippen LogP contribution is -2.14. The van der Waals surface area contributed by atoms with Crippen molar-refractivity contribution in [3.63, 3.8) is 0 Å². The highest BCUT2D eigenvalue weighted by Gasteiger charge is 2.37. The van der Waals surface area contributed by atoms with Gasteiger partial charge in [0.05, 0.1) is 10.7 Å². The summed E-state index contributed by atoms with van der Waals surface area (Å²) in [6, 6.07) is 7.30. The van der Waals surface area contributed by atoms with Crippen molar-refractivity contribution in [1.82, 2.24) is 35.0 Å². The molecule has 0 amide bonds. The molecule has 4 rings (SSSR count). The molecule has 1 aromatic carbocycles. The van der Waals surface area contributed by atoms with E-state index < -0.39 is 24.4 Å². The summed E-state index contributed by atoms with van der Waals surface area (Å²) < 4.78 is 70.7. The second-order valence-corrected chi connectivity index (χ2v) is 8.88. The Bertz CT molecular complexity index is 1460. The van der Waals surface area contributed by atoms with Gasteiger partial charge >= 0.3 is 12.8 Å². The molecule has 0 N–H and O–H groups in total. The summed E-state index contributed by atoms with van der Waals surface area (Å²) in [6.07, 6.45) is -3.75. The number of rotatable bonds is 8. The molecule has 37 heavy (non-hydrogen) atoms. The number of aryl methyl sites for hydroxylation is 1. The third kappa shape index (κ3) is 6.10. The first-order chi connectivity index (χ1) is 17.4. The van der Waals surface area contributed by atoms with Crippen molar-refractivity contribution in [3.8, 4) is 11.6 Å². The fraction of sp³-hybridized carbons (Fsp3) is 0.238. The van der Waals surface area contributed by atoms with Crippen LogP contribution in [-0.2, 0) is 19.1 Å². The minimum Gasteiger partial charge on any atom is -0.434 e. The van der Waals surface area contributed by atoms with Crippen molar-refractivity contribution < 1.29 is 31.5 Å². The molecule has 0 spiro atoms. The lowest BCUT2D eigenvalue weighted by molar-refractivity contribution is -0.145. The number of aromatic nitrogens is 7. The Kier molecular flexibility index (Phi) is 7.54. The zero-order valence-corrected chi connectivity index (χ0v) is 20.9. The molecular formula is C21H14BrClF5N7O2. The Morgan fingerprint density at radius 3 is 2.62 bits per heavy atom. The van der Waals surface area contributed by atoms with Gasteiger partial charge in [0.2, 0.25) is 0 Å². The van der Waals surface area contributed by atoms with Gasteiger partial charge < -0.3 is 4.74 Å². The SMILES string of the molecule is Cc1cc(Br)cc(OC(F)F)c1CC(=O)c1cc(Cn2nnc(C(F)(F)F)n2)nn1-c1ncccc1Cl. The van der Waals surface area contributed by atoms with Gasteiger partial charge in [-0.15, -0.1) is 10.2 Å². The number of alkyl halides is 5. The van der Waals surface area contributed by atoms with Gasteiger partial charge in [-0.1, -0.05) is 27.5 Å². The van der Waals surface area contributed by atoms with Crippen LogP contribution in [0.1, 0.15) is 33.1 Å². The number of nitrogens with zero attached hydrogens (tertiary/aromatic N) is 7. The first kappa shape index (κ1) is 26.6. The number of ketones is 1. The van der Waals surface area contributed by atoms with E-state index in [4.69, 9.17) is 11.6 Å². The second kappa shape index (κ2) is 10.5. The van der Waals surface area contributed by atoms with Crippen LogP contribution >= 0.6 is 27.5 Å². The van der Waals surface area contributed by atoms with Gasteiger partial charge in [0.25, 0.3) is 5.82 Å². The third-order valence-electron chi connectivity index (χ3n) is 4.95. The molecule has 3 aromatic heterocycles. The largest absolute Gasteiger partial charge is 0.455 e. The van der Waals surface area contributed by atoms with E-state index in [1.807, 2.05) is 0 Å². The van der Waals surface area contributed by atoms with Crippen molar-refractivity contribution in [3.05, 3.63) is 74.4 Å². The predicted octanol–water partition coefficient (Wildman–Crippen LogP) is 5.07. The molecule has 0 saturated heterocycles. The van der Waals surface area contributed by atoms with Gasteiger partial charge in [-0.05, 0) is 48.0 Å². The zero-order valence-electron chi connectivity index (χ0n) is 18.5. The number of Topliss-reactive ketones (excluding diaryl/α,β-unsaturated/α-hetero) is 1. The van der Waals surface area contributed by atoms with Gasteiger partial charge in [0, 0.05) is 22.7 Å². The van der Waals surface area contributed by atoms with Crippen LogP contribution < -0.4 is 4.74 Å². The zero-order chi connectivity index (χ0) is 26.9. The lowest BCUT2D eigenvalue weighted by atomic mass is 10.0. The summed E-state index contributed by atoms with van der Waals surface area (Å²) >= 11 is 9.45. The first-order valence-corrected chi connectivity index (χ1v) is 11.4. The van der Waals surface area contributed by atoms with Crippen molar-refractivity contribution in [2.75, 3.05) is 0 Å².